The molecule has 7 fully saturated rings. The van der Waals surface area contributed by atoms with Gasteiger partial charge < -0.3 is 94.1 Å². The minimum absolute atomic E-state index is 0.106. The number of carboxylic acids is 2. The van der Waals surface area contributed by atoms with Gasteiger partial charge in [-0.25, -0.2) is 9.59 Å². The summed E-state index contributed by atoms with van der Waals surface area (Å²) < 4.78 is 48.2. The molecule has 388 valence electrons. The summed E-state index contributed by atoms with van der Waals surface area (Å²) in [6.07, 6.45) is -29.3. The van der Waals surface area contributed by atoms with Crippen molar-refractivity contribution in [3.63, 3.8) is 0 Å². The van der Waals surface area contributed by atoms with E-state index < -0.39 is 147 Å². The minimum Gasteiger partial charge on any atom is -0.479 e. The maximum absolute atomic E-state index is 12.9. The van der Waals surface area contributed by atoms with Gasteiger partial charge in [-0.2, -0.15) is 0 Å². The van der Waals surface area contributed by atoms with Crippen LogP contribution in [0.25, 0.3) is 0 Å². The number of allylic oxidation sites excluding steroid dienone is 2. The fourth-order valence-corrected chi connectivity index (χ4v) is 14.1. The third-order valence-corrected chi connectivity index (χ3v) is 17.7. The van der Waals surface area contributed by atoms with Gasteiger partial charge in [0.1, 0.15) is 73.2 Å². The van der Waals surface area contributed by atoms with E-state index in [0.717, 1.165) is 38.5 Å². The highest BCUT2D eigenvalue weighted by Gasteiger charge is 2.63. The standard InChI is InChI=1S/C47H74O21/c1-17(2)20-9-10-21-19-8-11-24-45(4,5)25(13-15-47(24,7)22(19)12-14-46(20,21)6)63-44-38(34(33(56)36(66-44)40(59)60)64-41-31(54)27(50)23(48)16-61-41)68-43-37(30(53)29(52)35(65-43)39(57)58)67-42-32(55)28(51)26(49)18(3)62-42/h17-18,20,22-38,41-44,48-56H,8-16H2,1-7H3,(H,57,58)(H,59,60)/t18-,20-,22+,23+,24+,25+,26+,27+,28+,29-,30+,31-,32-,33-,34+,35+,36+,37-,38-,41+,42-,43+,44-,46-,47-/m1/s1. The molecule has 4 aliphatic carbocycles. The lowest BCUT2D eigenvalue weighted by atomic mass is 9.44. The Kier molecular flexibility index (Phi) is 15.0. The average molecular weight is 975 g/mol. The number of aliphatic hydroxyl groups excluding tert-OH is 9. The third-order valence-electron chi connectivity index (χ3n) is 17.7. The van der Waals surface area contributed by atoms with E-state index in [4.69, 9.17) is 37.9 Å². The summed E-state index contributed by atoms with van der Waals surface area (Å²) >= 11 is 0. The monoisotopic (exact) mass is 974 g/mol. The van der Waals surface area contributed by atoms with Crippen molar-refractivity contribution < 1.29 is 104 Å². The van der Waals surface area contributed by atoms with Crippen molar-refractivity contribution in [2.24, 2.45) is 39.9 Å². The van der Waals surface area contributed by atoms with E-state index >= 15 is 0 Å². The van der Waals surface area contributed by atoms with Crippen molar-refractivity contribution >= 4 is 11.9 Å². The van der Waals surface area contributed by atoms with E-state index in [1.165, 1.54) is 13.3 Å². The lowest BCUT2D eigenvalue weighted by Crippen LogP contribution is -2.69. The van der Waals surface area contributed by atoms with E-state index in [1.54, 1.807) is 11.1 Å². The molecule has 0 spiro atoms. The summed E-state index contributed by atoms with van der Waals surface area (Å²) in [5.74, 6) is -1.72. The number of carboxylic acid groups (broad SMARTS) is 2. The molecule has 0 bridgehead atoms. The predicted molar refractivity (Wildman–Crippen MR) is 229 cm³/mol. The van der Waals surface area contributed by atoms with Gasteiger partial charge in [-0.05, 0) is 98.2 Å². The first-order valence-corrected chi connectivity index (χ1v) is 24.3. The van der Waals surface area contributed by atoms with Gasteiger partial charge >= 0.3 is 11.9 Å². The van der Waals surface area contributed by atoms with Crippen molar-refractivity contribution in [3.05, 3.63) is 11.1 Å². The van der Waals surface area contributed by atoms with Gasteiger partial charge in [-0.15, -0.1) is 0 Å². The van der Waals surface area contributed by atoms with Crippen molar-refractivity contribution in [1.29, 1.82) is 0 Å². The Bertz CT molecular complexity index is 1860. The zero-order valence-electron chi connectivity index (χ0n) is 39.7. The van der Waals surface area contributed by atoms with Crippen LogP contribution in [-0.4, -0.2) is 198 Å². The number of ether oxygens (including phenoxy) is 8. The minimum atomic E-state index is -2.20. The molecule has 0 aromatic heterocycles. The number of fused-ring (bicyclic) bond motifs is 4. The van der Waals surface area contributed by atoms with Crippen LogP contribution < -0.4 is 0 Å². The van der Waals surface area contributed by atoms with E-state index in [9.17, 15) is 65.8 Å². The summed E-state index contributed by atoms with van der Waals surface area (Å²) in [6, 6.07) is 0. The smallest absolute Gasteiger partial charge is 0.335 e. The largest absolute Gasteiger partial charge is 0.479 e. The molecular weight excluding hydrogens is 900 g/mol. The second-order valence-electron chi connectivity index (χ2n) is 22.2. The summed E-state index contributed by atoms with van der Waals surface area (Å²) in [4.78, 5) is 25.3. The quantitative estimate of drug-likeness (QED) is 0.0919. The highest BCUT2D eigenvalue weighted by molar-refractivity contribution is 5.74. The number of aliphatic hydroxyl groups is 9. The van der Waals surface area contributed by atoms with Crippen LogP contribution in [0.2, 0.25) is 0 Å². The van der Waals surface area contributed by atoms with Crippen LogP contribution in [-0.2, 0) is 47.5 Å². The van der Waals surface area contributed by atoms with Gasteiger partial charge in [0.05, 0.1) is 18.8 Å². The SMILES string of the molecule is CC(C)[C@H]1CCC2=C3CC[C@H]4C(C)(C)[C@@H](O[C@@H]5O[C@H](C(=O)O)[C@H](O)[C@H](O[C@@H]6OC[C@H](O)[C@H](O)[C@H]6O)[C@H]5O[C@@H]5O[C@H](C(=O)O)[C@H](O)[C@H](O)[C@H]5O[C@H]5O[C@H](C)[C@H](O)[C@H](O)[C@H]5O)CC[C@]4(C)[C@H]3CC[C@@]21C. The molecule has 4 aliphatic heterocycles. The molecule has 4 heterocycles. The highest BCUT2D eigenvalue weighted by atomic mass is 16.8. The third kappa shape index (κ3) is 8.89. The van der Waals surface area contributed by atoms with Crippen LogP contribution in [0.15, 0.2) is 11.1 Å². The molecule has 4 saturated heterocycles. The van der Waals surface area contributed by atoms with Gasteiger partial charge in [-0.3, -0.25) is 0 Å². The van der Waals surface area contributed by atoms with E-state index in [1.807, 2.05) is 0 Å². The number of rotatable bonds is 11. The molecule has 8 aliphatic rings. The van der Waals surface area contributed by atoms with E-state index in [0.29, 0.717) is 24.2 Å². The van der Waals surface area contributed by atoms with Crippen LogP contribution in [0.5, 0.6) is 0 Å². The number of hydrogen-bond donors (Lipinski definition) is 11. The molecule has 0 unspecified atom stereocenters. The van der Waals surface area contributed by atoms with Gasteiger partial charge in [-0.1, -0.05) is 52.7 Å². The zero-order chi connectivity index (χ0) is 49.7. The van der Waals surface area contributed by atoms with Gasteiger partial charge in [0, 0.05) is 0 Å². The fraction of sp³-hybridized carbons (Fsp3) is 0.915. The second kappa shape index (κ2) is 19.4. The van der Waals surface area contributed by atoms with Crippen LogP contribution in [0.3, 0.4) is 0 Å². The van der Waals surface area contributed by atoms with E-state index in [-0.39, 0.29) is 16.7 Å². The molecule has 21 nitrogen and oxygen atoms in total. The average Bonchev–Trinajstić information content (AvgIpc) is 3.64. The Labute approximate surface area is 395 Å². The second-order valence-corrected chi connectivity index (χ2v) is 22.2. The summed E-state index contributed by atoms with van der Waals surface area (Å²) in [6.45, 7) is 14.5. The Morgan fingerprint density at radius 2 is 1.21 bits per heavy atom. The molecule has 0 radical (unpaired) electrons. The summed E-state index contributed by atoms with van der Waals surface area (Å²) in [7, 11) is 0. The van der Waals surface area contributed by atoms with E-state index in [2.05, 4.69) is 41.5 Å². The first-order chi connectivity index (χ1) is 31.8. The van der Waals surface area contributed by atoms with Crippen LogP contribution >= 0.6 is 0 Å². The Morgan fingerprint density at radius 1 is 0.603 bits per heavy atom. The number of aliphatic carboxylic acids is 2. The maximum atomic E-state index is 12.9. The number of hydrogen-bond acceptors (Lipinski definition) is 19. The molecule has 0 aromatic rings. The van der Waals surface area contributed by atoms with Crippen LogP contribution in [0.4, 0.5) is 0 Å². The normalized spacial score (nSPS) is 51.7. The summed E-state index contributed by atoms with van der Waals surface area (Å²) in [5, 5.41) is 118. The number of carbonyl (C=O) groups is 2. The first-order valence-electron chi connectivity index (χ1n) is 24.3. The van der Waals surface area contributed by atoms with Crippen LogP contribution in [0, 0.1) is 39.9 Å². The molecule has 8 rings (SSSR count). The molecule has 3 saturated carbocycles. The maximum Gasteiger partial charge on any atom is 0.335 e. The molecule has 68 heavy (non-hydrogen) atoms. The van der Waals surface area contributed by atoms with Gasteiger partial charge in [0.2, 0.25) is 0 Å². The predicted octanol–water partition coefficient (Wildman–Crippen LogP) is -0.489. The van der Waals surface area contributed by atoms with Crippen molar-refractivity contribution in [2.45, 2.75) is 223 Å². The first kappa shape index (κ1) is 52.3. The lowest BCUT2D eigenvalue weighted by molar-refractivity contribution is -0.403. The Balaban J connectivity index is 1.14. The molecule has 25 atom stereocenters. The van der Waals surface area contributed by atoms with Crippen LogP contribution in [0.1, 0.15) is 99.8 Å². The van der Waals surface area contributed by atoms with Gasteiger partial charge in [0.25, 0.3) is 0 Å². The molecule has 11 N–H and O–H groups in total. The highest BCUT2D eigenvalue weighted by Crippen LogP contribution is 2.68. The lowest BCUT2D eigenvalue weighted by Gasteiger charge is -2.62. The Morgan fingerprint density at radius 3 is 1.85 bits per heavy atom. The van der Waals surface area contributed by atoms with Gasteiger partial charge in [0.15, 0.2) is 37.4 Å². The topological polar surface area (TPSA) is 331 Å². The Hall–Kier alpha value is -2.00. The van der Waals surface area contributed by atoms with Crippen molar-refractivity contribution in [3.8, 4) is 0 Å². The van der Waals surface area contributed by atoms with Crippen molar-refractivity contribution in [1.82, 2.24) is 0 Å². The molecular formula is C47H74O21. The fourth-order valence-electron chi connectivity index (χ4n) is 14.1. The molecule has 0 amide bonds. The summed E-state index contributed by atoms with van der Waals surface area (Å²) in [5.41, 5.74) is 2.69. The molecule has 0 aromatic carbocycles. The van der Waals surface area contributed by atoms with Crippen molar-refractivity contribution in [2.75, 3.05) is 6.61 Å². The zero-order valence-corrected chi connectivity index (χ0v) is 39.7. The molecule has 21 heteroatoms.